The summed E-state index contributed by atoms with van der Waals surface area (Å²) in [5, 5.41) is 3.60. The van der Waals surface area contributed by atoms with Crippen LogP contribution in [0.15, 0.2) is 18.2 Å². The summed E-state index contributed by atoms with van der Waals surface area (Å²) in [6.45, 7) is 7.92. The van der Waals surface area contributed by atoms with Crippen molar-refractivity contribution in [2.75, 3.05) is 11.9 Å². The van der Waals surface area contributed by atoms with Crippen molar-refractivity contribution in [2.45, 2.75) is 65.7 Å². The molecule has 1 aliphatic rings. The summed E-state index contributed by atoms with van der Waals surface area (Å²) in [6, 6.07) is 6.53. The average Bonchev–Trinajstić information content (AvgIpc) is 2.45. The third-order valence-corrected chi connectivity index (χ3v) is 5.09. The summed E-state index contributed by atoms with van der Waals surface area (Å²) in [7, 11) is 0. The Morgan fingerprint density at radius 3 is 2.55 bits per heavy atom. The van der Waals surface area contributed by atoms with E-state index in [1.165, 1.54) is 61.8 Å². The van der Waals surface area contributed by atoms with Crippen molar-refractivity contribution < 1.29 is 0 Å². The van der Waals surface area contributed by atoms with Crippen molar-refractivity contribution in [2.24, 2.45) is 11.8 Å². The van der Waals surface area contributed by atoms with E-state index in [2.05, 4.69) is 44.3 Å². The van der Waals surface area contributed by atoms with Crippen LogP contribution in [-0.2, 0) is 0 Å². The van der Waals surface area contributed by atoms with Gasteiger partial charge in [0.1, 0.15) is 0 Å². The van der Waals surface area contributed by atoms with E-state index in [-0.39, 0.29) is 0 Å². The van der Waals surface area contributed by atoms with Gasteiger partial charge >= 0.3 is 0 Å². The second kappa shape index (κ2) is 7.71. The van der Waals surface area contributed by atoms with Gasteiger partial charge in [-0.15, -0.1) is 0 Å². The van der Waals surface area contributed by atoms with Gasteiger partial charge in [0.25, 0.3) is 0 Å². The summed E-state index contributed by atoms with van der Waals surface area (Å²) in [5.41, 5.74) is 4.09. The molecule has 0 aliphatic heterocycles. The number of nitrogens with one attached hydrogen (secondary N) is 1. The van der Waals surface area contributed by atoms with E-state index in [0.29, 0.717) is 0 Å². The maximum absolute atomic E-state index is 3.60. The number of rotatable bonds is 6. The number of unbranched alkanes of at least 4 members (excludes halogenated alkanes) is 1. The highest BCUT2D eigenvalue weighted by Crippen LogP contribution is 2.31. The molecule has 0 aromatic heterocycles. The van der Waals surface area contributed by atoms with Crippen molar-refractivity contribution in [3.8, 4) is 0 Å². The Labute approximate surface area is 125 Å². The number of hydrogen-bond acceptors (Lipinski definition) is 1. The maximum atomic E-state index is 3.60. The van der Waals surface area contributed by atoms with Gasteiger partial charge in [-0.1, -0.05) is 57.6 Å². The fourth-order valence-electron chi connectivity index (χ4n) is 3.34. The van der Waals surface area contributed by atoms with Crippen LogP contribution in [0.1, 0.15) is 63.0 Å². The molecule has 0 radical (unpaired) electrons. The fourth-order valence-corrected chi connectivity index (χ4v) is 3.34. The lowest BCUT2D eigenvalue weighted by molar-refractivity contribution is 0.273. The van der Waals surface area contributed by atoms with Gasteiger partial charge in [-0.25, -0.2) is 0 Å². The van der Waals surface area contributed by atoms with Crippen molar-refractivity contribution in [1.82, 2.24) is 0 Å². The molecule has 1 fully saturated rings. The molecule has 1 saturated carbocycles. The third-order valence-electron chi connectivity index (χ3n) is 5.09. The number of anilines is 1. The summed E-state index contributed by atoms with van der Waals surface area (Å²) in [4.78, 5) is 0. The number of benzene rings is 1. The Morgan fingerprint density at radius 2 is 1.80 bits per heavy atom. The third kappa shape index (κ3) is 4.54. The first-order chi connectivity index (χ1) is 9.66. The normalized spacial score (nSPS) is 22.8. The first kappa shape index (κ1) is 15.4. The largest absolute Gasteiger partial charge is 0.385 e. The van der Waals surface area contributed by atoms with Crippen molar-refractivity contribution in [1.29, 1.82) is 0 Å². The van der Waals surface area contributed by atoms with Crippen LogP contribution < -0.4 is 5.32 Å². The Bertz CT molecular complexity index is 402. The number of aryl methyl sites for hydroxylation is 1. The van der Waals surface area contributed by atoms with E-state index in [0.717, 1.165) is 18.4 Å². The average molecular weight is 273 g/mol. The van der Waals surface area contributed by atoms with Gasteiger partial charge in [0.15, 0.2) is 0 Å². The van der Waals surface area contributed by atoms with E-state index in [1.807, 2.05) is 0 Å². The van der Waals surface area contributed by atoms with Crippen molar-refractivity contribution in [3.63, 3.8) is 0 Å². The topological polar surface area (TPSA) is 12.0 Å². The molecule has 1 heteroatoms. The molecular weight excluding hydrogens is 242 g/mol. The SMILES string of the molecule is Cc1cccc(NCCCCC2CCC(C)CC2)c1C. The van der Waals surface area contributed by atoms with E-state index >= 15 is 0 Å². The molecule has 0 atom stereocenters. The zero-order valence-corrected chi connectivity index (χ0v) is 13.5. The first-order valence-corrected chi connectivity index (χ1v) is 8.47. The van der Waals surface area contributed by atoms with Crippen LogP contribution >= 0.6 is 0 Å². The molecule has 20 heavy (non-hydrogen) atoms. The van der Waals surface area contributed by atoms with Gasteiger partial charge < -0.3 is 5.32 Å². The Balaban J connectivity index is 1.61. The molecule has 2 rings (SSSR count). The van der Waals surface area contributed by atoms with Crippen LogP contribution in [0.3, 0.4) is 0 Å². The molecule has 1 N–H and O–H groups in total. The van der Waals surface area contributed by atoms with E-state index < -0.39 is 0 Å². The zero-order chi connectivity index (χ0) is 14.4. The van der Waals surface area contributed by atoms with Gasteiger partial charge in [-0.3, -0.25) is 0 Å². The predicted octanol–water partition coefficient (Wildman–Crippen LogP) is 5.71. The highest BCUT2D eigenvalue weighted by atomic mass is 14.9. The molecule has 0 unspecified atom stereocenters. The van der Waals surface area contributed by atoms with Gasteiger partial charge in [-0.2, -0.15) is 0 Å². The molecule has 1 nitrogen and oxygen atoms in total. The summed E-state index contributed by atoms with van der Waals surface area (Å²) in [5.74, 6) is 2.00. The van der Waals surface area contributed by atoms with Gasteiger partial charge in [0.05, 0.1) is 0 Å². The summed E-state index contributed by atoms with van der Waals surface area (Å²) in [6.07, 6.45) is 10.0. The van der Waals surface area contributed by atoms with E-state index in [9.17, 15) is 0 Å². The van der Waals surface area contributed by atoms with Crippen molar-refractivity contribution >= 4 is 5.69 Å². The highest BCUT2D eigenvalue weighted by molar-refractivity contribution is 5.53. The minimum atomic E-state index is 0.984. The lowest BCUT2D eigenvalue weighted by Gasteiger charge is -2.26. The highest BCUT2D eigenvalue weighted by Gasteiger charge is 2.17. The molecule has 112 valence electrons. The number of hydrogen-bond donors (Lipinski definition) is 1. The Morgan fingerprint density at radius 1 is 1.05 bits per heavy atom. The van der Waals surface area contributed by atoms with E-state index in [4.69, 9.17) is 0 Å². The molecule has 0 spiro atoms. The monoisotopic (exact) mass is 273 g/mol. The zero-order valence-electron chi connectivity index (χ0n) is 13.5. The molecule has 0 heterocycles. The van der Waals surface area contributed by atoms with Gasteiger partial charge in [-0.05, 0) is 49.3 Å². The predicted molar refractivity (Wildman–Crippen MR) is 89.4 cm³/mol. The minimum absolute atomic E-state index is 0.984. The quantitative estimate of drug-likeness (QED) is 0.654. The lowest BCUT2D eigenvalue weighted by Crippen LogP contribution is -2.12. The maximum Gasteiger partial charge on any atom is 0.0372 e. The molecule has 1 aromatic carbocycles. The minimum Gasteiger partial charge on any atom is -0.385 e. The second-order valence-electron chi connectivity index (χ2n) is 6.80. The molecule has 0 amide bonds. The fraction of sp³-hybridized carbons (Fsp3) is 0.684. The van der Waals surface area contributed by atoms with Crippen LogP contribution in [0, 0.1) is 25.7 Å². The Kier molecular flexibility index (Phi) is 5.94. The van der Waals surface area contributed by atoms with Crippen LogP contribution in [0.25, 0.3) is 0 Å². The van der Waals surface area contributed by atoms with Crippen LogP contribution in [-0.4, -0.2) is 6.54 Å². The second-order valence-corrected chi connectivity index (χ2v) is 6.80. The summed E-state index contributed by atoms with van der Waals surface area (Å²) >= 11 is 0. The lowest BCUT2D eigenvalue weighted by atomic mass is 9.81. The standard InChI is InChI=1S/C19H31N/c1-15-10-12-18(13-11-15)8-4-5-14-20-19-9-6-7-16(2)17(19)3/h6-7,9,15,18,20H,4-5,8,10-14H2,1-3H3. The summed E-state index contributed by atoms with van der Waals surface area (Å²) < 4.78 is 0. The van der Waals surface area contributed by atoms with E-state index in [1.54, 1.807) is 0 Å². The molecule has 0 bridgehead atoms. The molecule has 1 aliphatic carbocycles. The first-order valence-electron chi connectivity index (χ1n) is 8.47. The smallest absolute Gasteiger partial charge is 0.0372 e. The molecule has 1 aromatic rings. The van der Waals surface area contributed by atoms with Gasteiger partial charge in [0.2, 0.25) is 0 Å². The van der Waals surface area contributed by atoms with Crippen LogP contribution in [0.2, 0.25) is 0 Å². The van der Waals surface area contributed by atoms with Crippen molar-refractivity contribution in [3.05, 3.63) is 29.3 Å². The van der Waals surface area contributed by atoms with Gasteiger partial charge in [0, 0.05) is 12.2 Å². The van der Waals surface area contributed by atoms with Crippen LogP contribution in [0.5, 0.6) is 0 Å². The Hall–Kier alpha value is -0.980. The molecule has 0 saturated heterocycles. The van der Waals surface area contributed by atoms with Crippen LogP contribution in [0.4, 0.5) is 5.69 Å². The molecular formula is C19H31N.